The number of halogens is 2. The van der Waals surface area contributed by atoms with Crippen molar-refractivity contribution >= 4 is 45.9 Å². The van der Waals surface area contributed by atoms with Crippen LogP contribution in [0.15, 0.2) is 30.3 Å². The number of hydrogen-bond donors (Lipinski definition) is 1. The highest BCUT2D eigenvalue weighted by Crippen LogP contribution is 2.33. The molecule has 0 aliphatic carbocycles. The summed E-state index contributed by atoms with van der Waals surface area (Å²) in [6.07, 6.45) is 0. The lowest BCUT2D eigenvalue weighted by Crippen LogP contribution is -2.06. The Labute approximate surface area is 124 Å². The summed E-state index contributed by atoms with van der Waals surface area (Å²) in [4.78, 5) is 11.5. The zero-order chi connectivity index (χ0) is 14.0. The van der Waals surface area contributed by atoms with Crippen molar-refractivity contribution in [1.82, 2.24) is 0 Å². The van der Waals surface area contributed by atoms with Crippen LogP contribution in [0.2, 0.25) is 9.36 Å². The van der Waals surface area contributed by atoms with Crippen molar-refractivity contribution in [3.8, 4) is 0 Å². The predicted octanol–water partition coefficient (Wildman–Crippen LogP) is 5.14. The Balaban J connectivity index is 2.27. The first-order chi connectivity index (χ1) is 8.97. The third kappa shape index (κ3) is 3.37. The van der Waals surface area contributed by atoms with Crippen LogP contribution in [0.4, 0.5) is 11.4 Å². The van der Waals surface area contributed by atoms with E-state index in [-0.39, 0.29) is 11.7 Å². The number of nitrogens with zero attached hydrogens (tertiary/aromatic N) is 1. The number of anilines is 1. The lowest BCUT2D eigenvalue weighted by molar-refractivity contribution is -0.384. The Morgan fingerprint density at radius 3 is 2.63 bits per heavy atom. The summed E-state index contributed by atoms with van der Waals surface area (Å²) in [7, 11) is 0. The van der Waals surface area contributed by atoms with Crippen LogP contribution in [0, 0.1) is 10.1 Å². The van der Waals surface area contributed by atoms with E-state index in [0.29, 0.717) is 15.0 Å². The highest BCUT2D eigenvalue weighted by atomic mass is 35.5. The Bertz CT molecular complexity index is 616. The topological polar surface area (TPSA) is 55.2 Å². The van der Waals surface area contributed by atoms with E-state index in [9.17, 15) is 10.1 Å². The number of nitro groups is 1. The molecule has 0 saturated heterocycles. The third-order valence-corrected chi connectivity index (χ3v) is 4.20. The van der Waals surface area contributed by atoms with E-state index in [0.717, 1.165) is 4.88 Å². The molecular formula is C12H10Cl2N2O2S. The normalized spacial score (nSPS) is 12.2. The van der Waals surface area contributed by atoms with Gasteiger partial charge in [-0.25, -0.2) is 0 Å². The molecule has 2 aromatic rings. The second-order valence-corrected chi connectivity index (χ2v) is 6.11. The maximum absolute atomic E-state index is 11.0. The first-order valence-corrected chi connectivity index (χ1v) is 7.00. The minimum atomic E-state index is -0.438. The average Bonchev–Trinajstić information content (AvgIpc) is 2.75. The van der Waals surface area contributed by atoms with E-state index in [1.54, 1.807) is 12.1 Å². The van der Waals surface area contributed by atoms with Gasteiger partial charge in [0, 0.05) is 16.0 Å². The molecule has 1 N–H and O–H groups in total. The molecule has 100 valence electrons. The SMILES string of the molecule is CC(Nc1cc(Cl)ccc1[N+](=O)[O-])c1ccc(Cl)s1. The van der Waals surface area contributed by atoms with Crippen LogP contribution >= 0.6 is 34.5 Å². The third-order valence-electron chi connectivity index (χ3n) is 2.55. The fourth-order valence-corrected chi connectivity index (χ4v) is 2.88. The molecule has 1 unspecified atom stereocenters. The van der Waals surface area contributed by atoms with Gasteiger partial charge in [0.15, 0.2) is 0 Å². The number of benzene rings is 1. The van der Waals surface area contributed by atoms with Gasteiger partial charge in [0.1, 0.15) is 5.69 Å². The van der Waals surface area contributed by atoms with Gasteiger partial charge < -0.3 is 5.32 Å². The molecule has 0 radical (unpaired) electrons. The maximum atomic E-state index is 11.0. The molecule has 2 rings (SSSR count). The van der Waals surface area contributed by atoms with Crippen LogP contribution < -0.4 is 5.32 Å². The second-order valence-electron chi connectivity index (χ2n) is 3.93. The molecule has 1 heterocycles. The van der Waals surface area contributed by atoms with Crippen LogP contribution in [0.5, 0.6) is 0 Å². The highest BCUT2D eigenvalue weighted by Gasteiger charge is 2.17. The van der Waals surface area contributed by atoms with Crippen molar-refractivity contribution in [2.45, 2.75) is 13.0 Å². The smallest absolute Gasteiger partial charge is 0.292 e. The minimum Gasteiger partial charge on any atom is -0.372 e. The largest absolute Gasteiger partial charge is 0.372 e. The van der Waals surface area contributed by atoms with Crippen LogP contribution in [-0.4, -0.2) is 4.92 Å². The lowest BCUT2D eigenvalue weighted by Gasteiger charge is -2.13. The van der Waals surface area contributed by atoms with Crippen LogP contribution in [0.25, 0.3) is 0 Å². The van der Waals surface area contributed by atoms with Crippen molar-refractivity contribution in [2.24, 2.45) is 0 Å². The fraction of sp³-hybridized carbons (Fsp3) is 0.167. The van der Waals surface area contributed by atoms with E-state index in [1.165, 1.54) is 23.5 Å². The van der Waals surface area contributed by atoms with Crippen molar-refractivity contribution in [2.75, 3.05) is 5.32 Å². The molecule has 4 nitrogen and oxygen atoms in total. The fourth-order valence-electron chi connectivity index (χ4n) is 1.65. The van der Waals surface area contributed by atoms with E-state index >= 15 is 0 Å². The van der Waals surface area contributed by atoms with E-state index in [4.69, 9.17) is 23.2 Å². The Morgan fingerprint density at radius 2 is 2.05 bits per heavy atom. The van der Waals surface area contributed by atoms with Crippen molar-refractivity contribution < 1.29 is 4.92 Å². The first kappa shape index (κ1) is 14.1. The molecule has 19 heavy (non-hydrogen) atoms. The van der Waals surface area contributed by atoms with E-state index in [1.807, 2.05) is 13.0 Å². The summed E-state index contributed by atoms with van der Waals surface area (Å²) in [5.41, 5.74) is 0.397. The molecular weight excluding hydrogens is 307 g/mol. The van der Waals surface area contributed by atoms with Gasteiger partial charge in [-0.15, -0.1) is 11.3 Å². The molecule has 1 atom stereocenters. The molecule has 1 aromatic carbocycles. The van der Waals surface area contributed by atoms with Gasteiger partial charge in [0.05, 0.1) is 15.3 Å². The standard InChI is InChI=1S/C12H10Cl2N2O2S/c1-7(11-4-5-12(14)19-11)15-9-6-8(13)2-3-10(9)16(17)18/h2-7,15H,1H3. The Hall–Kier alpha value is -1.30. The summed E-state index contributed by atoms with van der Waals surface area (Å²) >= 11 is 13.2. The monoisotopic (exact) mass is 316 g/mol. The highest BCUT2D eigenvalue weighted by molar-refractivity contribution is 7.16. The summed E-state index contributed by atoms with van der Waals surface area (Å²) in [6, 6.07) is 8.03. The summed E-state index contributed by atoms with van der Waals surface area (Å²) in [5.74, 6) is 0. The summed E-state index contributed by atoms with van der Waals surface area (Å²) in [6.45, 7) is 1.91. The molecule has 0 spiro atoms. The molecule has 0 amide bonds. The van der Waals surface area contributed by atoms with Gasteiger partial charge in [-0.3, -0.25) is 10.1 Å². The molecule has 0 fully saturated rings. The zero-order valence-electron chi connectivity index (χ0n) is 9.89. The number of hydrogen-bond acceptors (Lipinski definition) is 4. The first-order valence-electron chi connectivity index (χ1n) is 5.43. The van der Waals surface area contributed by atoms with Gasteiger partial charge in [0.2, 0.25) is 0 Å². The molecule has 0 aliphatic rings. The average molecular weight is 317 g/mol. The molecule has 1 aromatic heterocycles. The summed E-state index contributed by atoms with van der Waals surface area (Å²) < 4.78 is 0.684. The lowest BCUT2D eigenvalue weighted by atomic mass is 10.2. The number of rotatable bonds is 4. The van der Waals surface area contributed by atoms with Gasteiger partial charge in [-0.05, 0) is 31.2 Å². The van der Waals surface area contributed by atoms with E-state index in [2.05, 4.69) is 5.32 Å². The Kier molecular flexibility index (Phi) is 4.29. The Morgan fingerprint density at radius 1 is 1.32 bits per heavy atom. The molecule has 7 heteroatoms. The minimum absolute atomic E-state index is 0.00102. The number of thiophene rings is 1. The van der Waals surface area contributed by atoms with Gasteiger partial charge in [-0.1, -0.05) is 23.2 Å². The number of nitro benzene ring substituents is 1. The quantitative estimate of drug-likeness (QED) is 0.628. The molecule has 0 bridgehead atoms. The van der Waals surface area contributed by atoms with Crippen LogP contribution in [0.3, 0.4) is 0 Å². The summed E-state index contributed by atoms with van der Waals surface area (Å²) in [5, 5.41) is 14.5. The number of nitrogens with one attached hydrogen (secondary N) is 1. The van der Waals surface area contributed by atoms with Crippen molar-refractivity contribution in [3.63, 3.8) is 0 Å². The van der Waals surface area contributed by atoms with Gasteiger partial charge >= 0.3 is 0 Å². The van der Waals surface area contributed by atoms with Crippen molar-refractivity contribution in [1.29, 1.82) is 0 Å². The van der Waals surface area contributed by atoms with Crippen LogP contribution in [-0.2, 0) is 0 Å². The second kappa shape index (κ2) is 5.77. The zero-order valence-corrected chi connectivity index (χ0v) is 12.2. The molecule has 0 saturated carbocycles. The maximum Gasteiger partial charge on any atom is 0.292 e. The van der Waals surface area contributed by atoms with Crippen molar-refractivity contribution in [3.05, 3.63) is 54.7 Å². The van der Waals surface area contributed by atoms with Gasteiger partial charge in [-0.2, -0.15) is 0 Å². The van der Waals surface area contributed by atoms with Crippen LogP contribution in [0.1, 0.15) is 17.8 Å². The molecule has 0 aliphatic heterocycles. The van der Waals surface area contributed by atoms with E-state index < -0.39 is 4.92 Å². The van der Waals surface area contributed by atoms with Gasteiger partial charge in [0.25, 0.3) is 5.69 Å². The predicted molar refractivity (Wildman–Crippen MR) is 79.5 cm³/mol.